The van der Waals surface area contributed by atoms with Crippen LogP contribution in [0, 0.1) is 6.92 Å². The summed E-state index contributed by atoms with van der Waals surface area (Å²) in [5, 5.41) is 11.2. The van der Waals surface area contributed by atoms with E-state index in [2.05, 4.69) is 20.5 Å². The molecule has 0 atom stereocenters. The molecule has 0 unspecified atom stereocenters. The molecule has 4 heteroatoms. The minimum absolute atomic E-state index is 0.823. The zero-order valence-electron chi connectivity index (χ0n) is 8.20. The van der Waals surface area contributed by atoms with Crippen molar-refractivity contribution in [3.63, 3.8) is 0 Å². The first-order valence-electron chi connectivity index (χ1n) is 4.46. The number of anilines is 1. The van der Waals surface area contributed by atoms with Gasteiger partial charge in [0.2, 0.25) is 0 Å². The van der Waals surface area contributed by atoms with Gasteiger partial charge in [-0.05, 0) is 24.6 Å². The highest BCUT2D eigenvalue weighted by Crippen LogP contribution is 2.18. The van der Waals surface area contributed by atoms with Gasteiger partial charge in [-0.25, -0.2) is 0 Å². The lowest BCUT2D eigenvalue weighted by molar-refractivity contribution is 1.02. The second-order valence-corrected chi connectivity index (χ2v) is 3.11. The molecule has 0 spiro atoms. The fraction of sp³-hybridized carbons (Fsp3) is 0.200. The smallest absolute Gasteiger partial charge is 0.151 e. The van der Waals surface area contributed by atoms with Crippen molar-refractivity contribution < 1.29 is 0 Å². The molecule has 2 rings (SSSR count). The van der Waals surface area contributed by atoms with Crippen LogP contribution in [0.3, 0.4) is 0 Å². The summed E-state index contributed by atoms with van der Waals surface area (Å²) in [6, 6.07) is 3.99. The van der Waals surface area contributed by atoms with E-state index in [9.17, 15) is 0 Å². The Labute approximate surface area is 82.4 Å². The number of hydrogen-bond donors (Lipinski definition) is 2. The third-order valence-electron chi connectivity index (χ3n) is 2.12. The number of nitrogens with one attached hydrogen (secondary N) is 2. The summed E-state index contributed by atoms with van der Waals surface area (Å²) in [6.45, 7) is 2.01. The second kappa shape index (κ2) is 3.49. The second-order valence-electron chi connectivity index (χ2n) is 3.11. The van der Waals surface area contributed by atoms with Crippen molar-refractivity contribution in [3.05, 3.63) is 30.1 Å². The van der Waals surface area contributed by atoms with Crippen molar-refractivity contribution in [3.8, 4) is 11.3 Å². The van der Waals surface area contributed by atoms with Crippen LogP contribution in [0.15, 0.2) is 24.5 Å². The average Bonchev–Trinajstić information content (AvgIpc) is 2.70. The molecule has 14 heavy (non-hydrogen) atoms. The summed E-state index contributed by atoms with van der Waals surface area (Å²) in [7, 11) is 1.84. The molecule has 0 fully saturated rings. The van der Waals surface area contributed by atoms with E-state index in [1.807, 2.05) is 38.5 Å². The van der Waals surface area contributed by atoms with Gasteiger partial charge in [-0.3, -0.25) is 0 Å². The molecule has 0 saturated carbocycles. The Morgan fingerprint density at radius 2 is 2.21 bits per heavy atom. The van der Waals surface area contributed by atoms with Crippen LogP contribution in [-0.2, 0) is 0 Å². The first kappa shape index (κ1) is 8.74. The van der Waals surface area contributed by atoms with Gasteiger partial charge in [-0.2, -0.15) is 0 Å². The molecule has 2 heterocycles. The number of aromatic amines is 1. The van der Waals surface area contributed by atoms with Gasteiger partial charge in [0.15, 0.2) is 5.82 Å². The van der Waals surface area contributed by atoms with Crippen LogP contribution in [0.5, 0.6) is 0 Å². The van der Waals surface area contributed by atoms with E-state index in [1.54, 1.807) is 0 Å². The molecule has 0 aromatic carbocycles. The fourth-order valence-electron chi connectivity index (χ4n) is 1.36. The van der Waals surface area contributed by atoms with Crippen LogP contribution in [0.4, 0.5) is 5.82 Å². The van der Waals surface area contributed by atoms with Gasteiger partial charge in [-0.15, -0.1) is 10.2 Å². The Hall–Kier alpha value is -1.84. The summed E-state index contributed by atoms with van der Waals surface area (Å²) in [5.74, 6) is 0.823. The topological polar surface area (TPSA) is 53.6 Å². The average molecular weight is 188 g/mol. The van der Waals surface area contributed by atoms with E-state index < -0.39 is 0 Å². The van der Waals surface area contributed by atoms with Crippen LogP contribution in [-0.4, -0.2) is 22.2 Å². The van der Waals surface area contributed by atoms with Gasteiger partial charge in [-0.1, -0.05) is 0 Å². The van der Waals surface area contributed by atoms with Crippen molar-refractivity contribution in [2.75, 3.05) is 12.4 Å². The van der Waals surface area contributed by atoms with Crippen LogP contribution >= 0.6 is 0 Å². The Kier molecular flexibility index (Phi) is 2.18. The van der Waals surface area contributed by atoms with Crippen molar-refractivity contribution in [2.45, 2.75) is 6.92 Å². The minimum atomic E-state index is 0.823. The van der Waals surface area contributed by atoms with E-state index in [0.29, 0.717) is 0 Å². The zero-order chi connectivity index (χ0) is 9.97. The number of hydrogen-bond acceptors (Lipinski definition) is 3. The first-order valence-corrected chi connectivity index (χ1v) is 4.46. The summed E-state index contributed by atoms with van der Waals surface area (Å²) >= 11 is 0. The minimum Gasteiger partial charge on any atom is -0.371 e. The van der Waals surface area contributed by atoms with Crippen LogP contribution in [0.2, 0.25) is 0 Å². The maximum atomic E-state index is 4.12. The molecule has 2 aromatic rings. The Morgan fingerprint density at radius 1 is 1.36 bits per heavy atom. The lowest BCUT2D eigenvalue weighted by Gasteiger charge is -2.03. The predicted molar refractivity (Wildman–Crippen MR) is 56.1 cm³/mol. The maximum Gasteiger partial charge on any atom is 0.151 e. The van der Waals surface area contributed by atoms with Gasteiger partial charge in [0, 0.05) is 25.0 Å². The zero-order valence-corrected chi connectivity index (χ0v) is 8.20. The van der Waals surface area contributed by atoms with E-state index in [1.165, 1.54) is 0 Å². The third kappa shape index (κ3) is 1.46. The molecule has 0 aliphatic rings. The molecule has 2 aromatic heterocycles. The summed E-state index contributed by atoms with van der Waals surface area (Å²) < 4.78 is 0. The number of aryl methyl sites for hydroxylation is 1. The molecule has 2 N–H and O–H groups in total. The molecule has 0 amide bonds. The SMILES string of the molecule is CNc1nnc(-c2cc[nH]c2)cc1C. The highest BCUT2D eigenvalue weighted by molar-refractivity contribution is 5.60. The number of H-pyrrole nitrogens is 1. The van der Waals surface area contributed by atoms with Gasteiger partial charge < -0.3 is 10.3 Å². The third-order valence-corrected chi connectivity index (χ3v) is 2.12. The normalized spacial score (nSPS) is 10.1. The Bertz CT molecular complexity index is 420. The molecule has 4 nitrogen and oxygen atoms in total. The molecule has 0 bridgehead atoms. The highest BCUT2D eigenvalue weighted by Gasteiger charge is 2.03. The predicted octanol–water partition coefficient (Wildman–Crippen LogP) is 1.82. The molecule has 0 radical (unpaired) electrons. The van der Waals surface area contributed by atoms with E-state index in [0.717, 1.165) is 22.6 Å². The molecule has 0 aliphatic heterocycles. The Morgan fingerprint density at radius 3 is 2.79 bits per heavy atom. The maximum absolute atomic E-state index is 4.12. The molecule has 0 saturated heterocycles. The summed E-state index contributed by atoms with van der Waals surface area (Å²) in [6.07, 6.45) is 3.78. The van der Waals surface area contributed by atoms with Gasteiger partial charge in [0.1, 0.15) is 0 Å². The Balaban J connectivity index is 2.43. The number of nitrogens with zero attached hydrogens (tertiary/aromatic N) is 2. The quantitative estimate of drug-likeness (QED) is 0.755. The van der Waals surface area contributed by atoms with Crippen molar-refractivity contribution in [2.24, 2.45) is 0 Å². The molecular weight excluding hydrogens is 176 g/mol. The standard InChI is InChI=1S/C10H12N4/c1-7-5-9(8-3-4-12-6-8)13-14-10(7)11-2/h3-6,12H,1-2H3,(H,11,14). The van der Waals surface area contributed by atoms with Crippen molar-refractivity contribution in [1.82, 2.24) is 15.2 Å². The van der Waals surface area contributed by atoms with E-state index in [4.69, 9.17) is 0 Å². The van der Waals surface area contributed by atoms with Crippen molar-refractivity contribution >= 4 is 5.82 Å². The first-order chi connectivity index (χ1) is 6.81. The van der Waals surface area contributed by atoms with Crippen LogP contribution in [0.1, 0.15) is 5.56 Å². The van der Waals surface area contributed by atoms with Crippen LogP contribution in [0.25, 0.3) is 11.3 Å². The largest absolute Gasteiger partial charge is 0.371 e. The van der Waals surface area contributed by atoms with Gasteiger partial charge >= 0.3 is 0 Å². The fourth-order valence-corrected chi connectivity index (χ4v) is 1.36. The lowest BCUT2D eigenvalue weighted by atomic mass is 10.2. The lowest BCUT2D eigenvalue weighted by Crippen LogP contribution is -1.98. The molecule has 0 aliphatic carbocycles. The van der Waals surface area contributed by atoms with E-state index in [-0.39, 0.29) is 0 Å². The summed E-state index contributed by atoms with van der Waals surface area (Å²) in [5.41, 5.74) is 3.05. The monoisotopic (exact) mass is 188 g/mol. The summed E-state index contributed by atoms with van der Waals surface area (Å²) in [4.78, 5) is 2.99. The molecular formula is C10H12N4. The van der Waals surface area contributed by atoms with Crippen molar-refractivity contribution in [1.29, 1.82) is 0 Å². The van der Waals surface area contributed by atoms with Gasteiger partial charge in [0.05, 0.1) is 5.69 Å². The van der Waals surface area contributed by atoms with E-state index >= 15 is 0 Å². The number of aromatic nitrogens is 3. The molecule has 72 valence electrons. The number of rotatable bonds is 2. The van der Waals surface area contributed by atoms with Crippen LogP contribution < -0.4 is 5.32 Å². The highest BCUT2D eigenvalue weighted by atomic mass is 15.2. The van der Waals surface area contributed by atoms with Gasteiger partial charge in [0.25, 0.3) is 0 Å².